The van der Waals surface area contributed by atoms with E-state index in [1.54, 1.807) is 11.0 Å². The highest BCUT2D eigenvalue weighted by Gasteiger charge is 2.36. The summed E-state index contributed by atoms with van der Waals surface area (Å²) in [7, 11) is 0. The van der Waals surface area contributed by atoms with E-state index in [9.17, 15) is 4.79 Å². The summed E-state index contributed by atoms with van der Waals surface area (Å²) in [6.07, 6.45) is 0.346. The summed E-state index contributed by atoms with van der Waals surface area (Å²) in [4.78, 5) is 18.7. The lowest BCUT2D eigenvalue weighted by atomic mass is 10.1. The van der Waals surface area contributed by atoms with Crippen molar-refractivity contribution >= 4 is 23.2 Å². The largest absolute Gasteiger partial charge is 0.334 e. The first-order chi connectivity index (χ1) is 12.1. The second kappa shape index (κ2) is 6.33. The van der Waals surface area contributed by atoms with Crippen molar-refractivity contribution in [1.29, 1.82) is 0 Å². The van der Waals surface area contributed by atoms with Gasteiger partial charge in [0.05, 0.1) is 10.7 Å². The molecule has 1 saturated heterocycles. The van der Waals surface area contributed by atoms with Crippen LogP contribution >= 0.6 is 11.6 Å². The number of halogens is 1. The van der Waals surface area contributed by atoms with Gasteiger partial charge in [-0.3, -0.25) is 4.79 Å². The zero-order valence-electron chi connectivity index (χ0n) is 13.6. The molecule has 1 aliphatic heterocycles. The van der Waals surface area contributed by atoms with Crippen LogP contribution in [0.1, 0.15) is 23.7 Å². The molecule has 0 radical (unpaired) electrons. The standard InChI is InChI=1S/C19H16ClN3O2/c1-12-6-5-9-15(20)17(12)23-11-14(10-16(23)24)18-21-19(25-22-18)13-7-3-2-4-8-13/h2-9,14H,10-11H2,1H3. The highest BCUT2D eigenvalue weighted by Crippen LogP contribution is 2.36. The van der Waals surface area contributed by atoms with Gasteiger partial charge in [0.15, 0.2) is 5.82 Å². The molecule has 5 nitrogen and oxygen atoms in total. The average Bonchev–Trinajstić information content (AvgIpc) is 3.23. The van der Waals surface area contributed by atoms with Gasteiger partial charge in [-0.2, -0.15) is 4.98 Å². The Balaban J connectivity index is 1.60. The first-order valence-corrected chi connectivity index (χ1v) is 8.46. The van der Waals surface area contributed by atoms with Gasteiger partial charge in [-0.25, -0.2) is 0 Å². The van der Waals surface area contributed by atoms with Crippen molar-refractivity contribution in [3.63, 3.8) is 0 Å². The lowest BCUT2D eigenvalue weighted by Gasteiger charge is -2.20. The molecule has 0 saturated carbocycles. The minimum Gasteiger partial charge on any atom is -0.334 e. The van der Waals surface area contributed by atoms with Gasteiger partial charge in [0.1, 0.15) is 0 Å². The maximum Gasteiger partial charge on any atom is 0.257 e. The Morgan fingerprint density at radius 3 is 2.72 bits per heavy atom. The fraction of sp³-hybridized carbons (Fsp3) is 0.211. The summed E-state index contributed by atoms with van der Waals surface area (Å²) in [5.74, 6) is 0.937. The molecule has 2 aromatic carbocycles. The molecule has 1 atom stereocenters. The van der Waals surface area contributed by atoms with E-state index >= 15 is 0 Å². The molecule has 0 N–H and O–H groups in total. The van der Waals surface area contributed by atoms with Gasteiger partial charge in [0, 0.05) is 24.4 Å². The maximum absolute atomic E-state index is 12.5. The molecule has 1 amide bonds. The van der Waals surface area contributed by atoms with E-state index in [0.29, 0.717) is 29.7 Å². The quantitative estimate of drug-likeness (QED) is 0.707. The number of aromatic nitrogens is 2. The topological polar surface area (TPSA) is 59.2 Å². The van der Waals surface area contributed by atoms with Crippen molar-refractivity contribution in [2.75, 3.05) is 11.4 Å². The molecule has 1 aromatic heterocycles. The summed E-state index contributed by atoms with van der Waals surface area (Å²) in [6.45, 7) is 2.45. The first kappa shape index (κ1) is 15.8. The lowest BCUT2D eigenvalue weighted by Crippen LogP contribution is -2.25. The van der Waals surface area contributed by atoms with Gasteiger partial charge >= 0.3 is 0 Å². The SMILES string of the molecule is Cc1cccc(Cl)c1N1CC(c2noc(-c3ccccc3)n2)CC1=O. The Labute approximate surface area is 150 Å². The van der Waals surface area contributed by atoms with Gasteiger partial charge in [-0.1, -0.05) is 47.1 Å². The van der Waals surface area contributed by atoms with Gasteiger partial charge in [0.2, 0.25) is 5.91 Å². The molecular weight excluding hydrogens is 338 g/mol. The Hall–Kier alpha value is -2.66. The Kier molecular flexibility index (Phi) is 4.01. The van der Waals surface area contributed by atoms with Crippen LogP contribution in [0.25, 0.3) is 11.5 Å². The number of para-hydroxylation sites is 1. The zero-order chi connectivity index (χ0) is 17.4. The van der Waals surface area contributed by atoms with Crippen LogP contribution in [-0.4, -0.2) is 22.6 Å². The number of anilines is 1. The van der Waals surface area contributed by atoms with Crippen LogP contribution in [0.4, 0.5) is 5.69 Å². The zero-order valence-corrected chi connectivity index (χ0v) is 14.4. The van der Waals surface area contributed by atoms with Crippen LogP contribution in [0.3, 0.4) is 0 Å². The average molecular weight is 354 g/mol. The normalized spacial score (nSPS) is 17.3. The van der Waals surface area contributed by atoms with Crippen molar-refractivity contribution in [3.05, 3.63) is 64.9 Å². The lowest BCUT2D eigenvalue weighted by molar-refractivity contribution is -0.117. The van der Waals surface area contributed by atoms with Crippen LogP contribution in [0.2, 0.25) is 5.02 Å². The van der Waals surface area contributed by atoms with Gasteiger partial charge < -0.3 is 9.42 Å². The van der Waals surface area contributed by atoms with Crippen LogP contribution < -0.4 is 4.90 Å². The fourth-order valence-electron chi connectivity index (χ4n) is 3.16. The Bertz CT molecular complexity index is 903. The Morgan fingerprint density at radius 2 is 1.96 bits per heavy atom. The van der Waals surface area contributed by atoms with Gasteiger partial charge in [-0.15, -0.1) is 0 Å². The Morgan fingerprint density at radius 1 is 1.16 bits per heavy atom. The molecule has 0 bridgehead atoms. The van der Waals surface area contributed by atoms with Gasteiger partial charge in [0.25, 0.3) is 5.89 Å². The van der Waals surface area contributed by atoms with Crippen molar-refractivity contribution in [2.24, 2.45) is 0 Å². The summed E-state index contributed by atoms with van der Waals surface area (Å²) < 4.78 is 5.37. The number of carbonyl (C=O) groups is 1. The van der Waals surface area contributed by atoms with Crippen LogP contribution in [-0.2, 0) is 4.79 Å². The number of amides is 1. The van der Waals surface area contributed by atoms with E-state index in [0.717, 1.165) is 16.8 Å². The minimum atomic E-state index is -0.107. The van der Waals surface area contributed by atoms with Crippen LogP contribution in [0, 0.1) is 6.92 Å². The number of benzene rings is 2. The smallest absolute Gasteiger partial charge is 0.257 e. The second-order valence-corrected chi connectivity index (χ2v) is 6.54. The summed E-state index contributed by atoms with van der Waals surface area (Å²) in [5, 5.41) is 4.66. The molecule has 4 rings (SSSR count). The van der Waals surface area contributed by atoms with E-state index in [1.807, 2.05) is 49.4 Å². The summed E-state index contributed by atoms with van der Waals surface area (Å²) in [6, 6.07) is 15.2. The highest BCUT2D eigenvalue weighted by atomic mass is 35.5. The monoisotopic (exact) mass is 353 g/mol. The molecule has 1 fully saturated rings. The number of hydrogen-bond acceptors (Lipinski definition) is 4. The molecular formula is C19H16ClN3O2. The second-order valence-electron chi connectivity index (χ2n) is 6.13. The van der Waals surface area contributed by atoms with E-state index in [2.05, 4.69) is 10.1 Å². The van der Waals surface area contributed by atoms with Crippen molar-refractivity contribution in [3.8, 4) is 11.5 Å². The van der Waals surface area contributed by atoms with Crippen molar-refractivity contribution in [1.82, 2.24) is 10.1 Å². The summed E-state index contributed by atoms with van der Waals surface area (Å²) >= 11 is 6.31. The van der Waals surface area contributed by atoms with Crippen LogP contribution in [0.5, 0.6) is 0 Å². The first-order valence-electron chi connectivity index (χ1n) is 8.08. The number of carbonyl (C=O) groups excluding carboxylic acids is 1. The number of hydrogen-bond donors (Lipinski definition) is 0. The molecule has 1 unspecified atom stereocenters. The van der Waals surface area contributed by atoms with Crippen LogP contribution in [0.15, 0.2) is 53.1 Å². The predicted octanol–water partition coefficient (Wildman–Crippen LogP) is 4.22. The molecule has 2 heterocycles. The summed E-state index contributed by atoms with van der Waals surface area (Å²) in [5.41, 5.74) is 2.60. The van der Waals surface area contributed by atoms with E-state index in [-0.39, 0.29) is 11.8 Å². The number of nitrogens with zero attached hydrogens (tertiary/aromatic N) is 3. The molecule has 3 aromatic rings. The van der Waals surface area contributed by atoms with E-state index < -0.39 is 0 Å². The molecule has 0 spiro atoms. The van der Waals surface area contributed by atoms with Gasteiger partial charge in [-0.05, 0) is 30.7 Å². The third kappa shape index (κ3) is 2.91. The van der Waals surface area contributed by atoms with Crippen molar-refractivity contribution in [2.45, 2.75) is 19.3 Å². The number of aryl methyl sites for hydroxylation is 1. The molecule has 126 valence electrons. The predicted molar refractivity (Wildman–Crippen MR) is 95.6 cm³/mol. The molecule has 25 heavy (non-hydrogen) atoms. The third-order valence-corrected chi connectivity index (χ3v) is 4.72. The molecule has 1 aliphatic rings. The maximum atomic E-state index is 12.5. The van der Waals surface area contributed by atoms with E-state index in [1.165, 1.54) is 0 Å². The fourth-order valence-corrected chi connectivity index (χ4v) is 3.48. The third-order valence-electron chi connectivity index (χ3n) is 4.41. The highest BCUT2D eigenvalue weighted by molar-refractivity contribution is 6.34. The van der Waals surface area contributed by atoms with Crippen molar-refractivity contribution < 1.29 is 9.32 Å². The minimum absolute atomic E-state index is 0.0206. The number of rotatable bonds is 3. The van der Waals surface area contributed by atoms with E-state index in [4.69, 9.17) is 16.1 Å². The molecule has 6 heteroatoms. The molecule has 0 aliphatic carbocycles.